The fourth-order valence-corrected chi connectivity index (χ4v) is 2.59. The Bertz CT molecular complexity index is 1090. The third kappa shape index (κ3) is 3.05. The minimum absolute atomic E-state index is 0.0506. The highest BCUT2D eigenvalue weighted by atomic mass is 19.4. The second-order valence-electron chi connectivity index (χ2n) is 5.45. The van der Waals surface area contributed by atoms with Gasteiger partial charge in [0, 0.05) is 30.2 Å². The SMILES string of the molecule is Fc1cnccc1-c1cc(-c2cnn(-c3ccncc3)c2C(F)(F)F)on1. The highest BCUT2D eigenvalue weighted by molar-refractivity contribution is 5.68. The van der Waals surface area contributed by atoms with E-state index in [1.165, 1.54) is 42.9 Å². The largest absolute Gasteiger partial charge is 0.434 e. The van der Waals surface area contributed by atoms with Gasteiger partial charge in [0.1, 0.15) is 5.69 Å². The summed E-state index contributed by atoms with van der Waals surface area (Å²) in [7, 11) is 0. The first kappa shape index (κ1) is 16.9. The van der Waals surface area contributed by atoms with E-state index in [-0.39, 0.29) is 28.3 Å². The van der Waals surface area contributed by atoms with Crippen molar-refractivity contribution in [2.45, 2.75) is 6.18 Å². The summed E-state index contributed by atoms with van der Waals surface area (Å²) in [6.45, 7) is 0. The molecule has 4 heterocycles. The molecule has 0 aliphatic rings. The number of aromatic nitrogens is 5. The van der Waals surface area contributed by atoms with E-state index in [9.17, 15) is 17.6 Å². The Hall–Kier alpha value is -3.56. The van der Waals surface area contributed by atoms with Crippen LogP contribution in [0.25, 0.3) is 28.3 Å². The van der Waals surface area contributed by atoms with Crippen LogP contribution < -0.4 is 0 Å². The van der Waals surface area contributed by atoms with Crippen LogP contribution in [0.3, 0.4) is 0 Å². The zero-order valence-electron chi connectivity index (χ0n) is 13.4. The molecule has 6 nitrogen and oxygen atoms in total. The molecular weight excluding hydrogens is 366 g/mol. The number of hydrogen-bond acceptors (Lipinski definition) is 5. The van der Waals surface area contributed by atoms with Gasteiger partial charge in [0.15, 0.2) is 17.3 Å². The Balaban J connectivity index is 1.84. The molecule has 4 rings (SSSR count). The second kappa shape index (κ2) is 6.31. The zero-order chi connectivity index (χ0) is 19.0. The molecule has 4 aromatic rings. The molecule has 136 valence electrons. The third-order valence-electron chi connectivity index (χ3n) is 3.77. The number of rotatable bonds is 3. The quantitative estimate of drug-likeness (QED) is 0.504. The van der Waals surface area contributed by atoms with Crippen molar-refractivity contribution >= 4 is 0 Å². The molecule has 0 saturated heterocycles. The van der Waals surface area contributed by atoms with Crippen LogP contribution in [0.5, 0.6) is 0 Å². The average molecular weight is 375 g/mol. The summed E-state index contributed by atoms with van der Waals surface area (Å²) in [6.07, 6.45) is 1.34. The van der Waals surface area contributed by atoms with Crippen LogP contribution in [0.1, 0.15) is 5.69 Å². The van der Waals surface area contributed by atoms with Crippen molar-refractivity contribution in [1.82, 2.24) is 24.9 Å². The van der Waals surface area contributed by atoms with Crippen LogP contribution >= 0.6 is 0 Å². The van der Waals surface area contributed by atoms with E-state index in [0.717, 1.165) is 17.1 Å². The first-order valence-electron chi connectivity index (χ1n) is 7.58. The highest BCUT2D eigenvalue weighted by Gasteiger charge is 2.40. The monoisotopic (exact) mass is 375 g/mol. The minimum Gasteiger partial charge on any atom is -0.356 e. The maximum absolute atomic E-state index is 13.8. The van der Waals surface area contributed by atoms with E-state index in [0.29, 0.717) is 0 Å². The Morgan fingerprint density at radius 2 is 1.67 bits per heavy atom. The maximum Gasteiger partial charge on any atom is 0.434 e. The van der Waals surface area contributed by atoms with Crippen molar-refractivity contribution in [3.8, 4) is 28.3 Å². The van der Waals surface area contributed by atoms with E-state index < -0.39 is 17.7 Å². The highest BCUT2D eigenvalue weighted by Crippen LogP contribution is 2.39. The number of pyridine rings is 2. The molecule has 0 fully saturated rings. The molecule has 4 aromatic heterocycles. The summed E-state index contributed by atoms with van der Waals surface area (Å²) < 4.78 is 60.7. The molecular formula is C17H9F4N5O. The standard InChI is InChI=1S/C17H9F4N5O/c18-13-9-23-6-3-11(13)14-7-15(27-25-14)12-8-24-26(16(12)17(19,20)21)10-1-4-22-5-2-10/h1-9H. The van der Waals surface area contributed by atoms with Crippen LogP contribution in [0.2, 0.25) is 0 Å². The lowest BCUT2D eigenvalue weighted by Crippen LogP contribution is -2.14. The van der Waals surface area contributed by atoms with Gasteiger partial charge in [-0.3, -0.25) is 9.97 Å². The van der Waals surface area contributed by atoms with Crippen molar-refractivity contribution in [2.75, 3.05) is 0 Å². The molecule has 0 spiro atoms. The lowest BCUT2D eigenvalue weighted by Gasteiger charge is -2.11. The first-order chi connectivity index (χ1) is 12.9. The summed E-state index contributed by atoms with van der Waals surface area (Å²) in [6, 6.07) is 5.36. The van der Waals surface area contributed by atoms with Gasteiger partial charge < -0.3 is 4.52 Å². The van der Waals surface area contributed by atoms with E-state index in [1.807, 2.05) is 0 Å². The number of nitrogens with zero attached hydrogens (tertiary/aromatic N) is 5. The van der Waals surface area contributed by atoms with Crippen molar-refractivity contribution in [3.63, 3.8) is 0 Å². The summed E-state index contributed by atoms with van der Waals surface area (Å²) in [5, 5.41) is 7.50. The van der Waals surface area contributed by atoms with Crippen molar-refractivity contribution in [3.05, 3.63) is 66.8 Å². The Kier molecular flexibility index (Phi) is 3.94. The van der Waals surface area contributed by atoms with Gasteiger partial charge in [0.2, 0.25) is 0 Å². The van der Waals surface area contributed by atoms with Crippen molar-refractivity contribution in [2.24, 2.45) is 0 Å². The Morgan fingerprint density at radius 1 is 0.926 bits per heavy atom. The molecule has 0 atom stereocenters. The van der Waals surface area contributed by atoms with Gasteiger partial charge in [0.05, 0.1) is 23.6 Å². The molecule has 0 N–H and O–H groups in total. The molecule has 0 aliphatic carbocycles. The van der Waals surface area contributed by atoms with Crippen LogP contribution in [0.15, 0.2) is 59.8 Å². The average Bonchev–Trinajstić information content (AvgIpc) is 3.29. The molecule has 0 amide bonds. The fourth-order valence-electron chi connectivity index (χ4n) is 2.59. The van der Waals surface area contributed by atoms with Crippen LogP contribution in [0.4, 0.5) is 17.6 Å². The van der Waals surface area contributed by atoms with Gasteiger partial charge in [-0.25, -0.2) is 9.07 Å². The Labute approximate surface area is 149 Å². The predicted molar refractivity (Wildman–Crippen MR) is 85.0 cm³/mol. The normalized spacial score (nSPS) is 11.7. The van der Waals surface area contributed by atoms with Gasteiger partial charge in [-0.05, 0) is 18.2 Å². The smallest absolute Gasteiger partial charge is 0.356 e. The summed E-state index contributed by atoms with van der Waals surface area (Å²) in [4.78, 5) is 7.40. The molecule has 0 bridgehead atoms. The lowest BCUT2D eigenvalue weighted by molar-refractivity contribution is -0.142. The molecule has 0 saturated carbocycles. The van der Waals surface area contributed by atoms with Crippen LogP contribution in [0, 0.1) is 5.82 Å². The van der Waals surface area contributed by atoms with E-state index in [4.69, 9.17) is 4.52 Å². The number of alkyl halides is 3. The maximum atomic E-state index is 13.8. The van der Waals surface area contributed by atoms with Gasteiger partial charge >= 0.3 is 6.18 Å². The number of halogens is 4. The van der Waals surface area contributed by atoms with Crippen LogP contribution in [-0.4, -0.2) is 24.9 Å². The molecule has 0 aromatic carbocycles. The van der Waals surface area contributed by atoms with E-state index in [2.05, 4.69) is 20.2 Å². The van der Waals surface area contributed by atoms with Gasteiger partial charge in [0.25, 0.3) is 0 Å². The predicted octanol–water partition coefficient (Wildman–Crippen LogP) is 4.14. The first-order valence-corrected chi connectivity index (χ1v) is 7.58. The third-order valence-corrected chi connectivity index (χ3v) is 3.77. The van der Waals surface area contributed by atoms with Gasteiger partial charge in [-0.1, -0.05) is 5.16 Å². The second-order valence-corrected chi connectivity index (χ2v) is 5.45. The summed E-state index contributed by atoms with van der Waals surface area (Å²) in [5.74, 6) is -0.852. The van der Waals surface area contributed by atoms with E-state index >= 15 is 0 Å². The number of hydrogen-bond donors (Lipinski definition) is 0. The van der Waals surface area contributed by atoms with Crippen LogP contribution in [-0.2, 0) is 6.18 Å². The molecule has 10 heteroatoms. The summed E-state index contributed by atoms with van der Waals surface area (Å²) in [5.41, 5.74) is -1.05. The van der Waals surface area contributed by atoms with Crippen molar-refractivity contribution in [1.29, 1.82) is 0 Å². The fraction of sp³-hybridized carbons (Fsp3) is 0.0588. The summed E-state index contributed by atoms with van der Waals surface area (Å²) >= 11 is 0. The van der Waals surface area contributed by atoms with Gasteiger partial charge in [-0.15, -0.1) is 0 Å². The lowest BCUT2D eigenvalue weighted by atomic mass is 10.1. The molecule has 0 radical (unpaired) electrons. The minimum atomic E-state index is -4.72. The Morgan fingerprint density at radius 3 is 2.37 bits per heavy atom. The van der Waals surface area contributed by atoms with Crippen molar-refractivity contribution < 1.29 is 22.1 Å². The van der Waals surface area contributed by atoms with E-state index in [1.54, 1.807) is 0 Å². The molecule has 27 heavy (non-hydrogen) atoms. The molecule has 0 aliphatic heterocycles. The zero-order valence-corrected chi connectivity index (χ0v) is 13.4. The molecule has 0 unspecified atom stereocenters. The topological polar surface area (TPSA) is 69.6 Å². The van der Waals surface area contributed by atoms with Gasteiger partial charge in [-0.2, -0.15) is 18.3 Å².